The Morgan fingerprint density at radius 2 is 1.93 bits per heavy atom. The van der Waals surface area contributed by atoms with Gasteiger partial charge in [0.15, 0.2) is 0 Å². The smallest absolute Gasteiger partial charge is 0.264 e. The summed E-state index contributed by atoms with van der Waals surface area (Å²) < 4.78 is 34.1. The van der Waals surface area contributed by atoms with Crippen LogP contribution >= 0.6 is 0 Å². The lowest BCUT2D eigenvalue weighted by Crippen LogP contribution is -2.39. The van der Waals surface area contributed by atoms with E-state index < -0.39 is 21.3 Å². The van der Waals surface area contributed by atoms with Crippen molar-refractivity contribution in [2.75, 3.05) is 7.11 Å². The minimum atomic E-state index is -4.05. The first-order valence-corrected chi connectivity index (χ1v) is 11.5. The van der Waals surface area contributed by atoms with E-state index in [9.17, 15) is 13.2 Å². The summed E-state index contributed by atoms with van der Waals surface area (Å²) in [5.41, 5.74) is 1.66. The van der Waals surface area contributed by atoms with Crippen molar-refractivity contribution in [1.29, 1.82) is 0 Å². The van der Waals surface area contributed by atoms with Gasteiger partial charge >= 0.3 is 0 Å². The number of fused-ring (bicyclic) bond motifs is 1. The van der Waals surface area contributed by atoms with Gasteiger partial charge in [0.05, 0.1) is 22.9 Å². The molecule has 2 saturated carbocycles. The molecule has 0 saturated heterocycles. The molecule has 0 unspecified atom stereocenters. The molecule has 5 rings (SSSR count). The third-order valence-corrected chi connectivity index (χ3v) is 7.48. The fraction of sp³-hybridized carbons (Fsp3) is 0.304. The van der Waals surface area contributed by atoms with E-state index in [-0.39, 0.29) is 4.90 Å². The van der Waals surface area contributed by atoms with Crippen LogP contribution in [-0.2, 0) is 20.2 Å². The Labute approximate surface area is 175 Å². The molecular weight excluding hydrogens is 400 g/mol. The number of nitrogens with zero attached hydrogens (tertiary/aromatic N) is 1. The molecular formula is C23H22N2O4S. The number of carbonyl (C=O) groups excluding carboxylic acids is 1. The first-order valence-electron chi connectivity index (χ1n) is 10.0. The fourth-order valence-corrected chi connectivity index (χ4v) is 5.37. The fourth-order valence-electron chi connectivity index (χ4n) is 4.10. The minimum Gasteiger partial charge on any atom is -0.496 e. The highest BCUT2D eigenvalue weighted by molar-refractivity contribution is 7.90. The molecule has 3 aromatic rings. The number of rotatable bonds is 6. The van der Waals surface area contributed by atoms with Gasteiger partial charge < -0.3 is 4.74 Å². The summed E-state index contributed by atoms with van der Waals surface area (Å²) in [6, 6.07) is 14.2. The van der Waals surface area contributed by atoms with Crippen LogP contribution in [0.3, 0.4) is 0 Å². The van der Waals surface area contributed by atoms with Crippen molar-refractivity contribution >= 4 is 26.8 Å². The van der Waals surface area contributed by atoms with Crippen molar-refractivity contribution in [2.24, 2.45) is 0 Å². The number of sulfonamides is 1. The standard InChI is InChI=1S/C23H22N2O4S/c1-29-20-10-9-16(15-7-8-15)14-18(20)23(11-12-23)22(26)25-30(27,28)21-6-2-5-19-17(21)4-3-13-24-19/h2-6,9-10,13-15H,7-8,11-12H2,1H3,(H,25,26). The molecule has 6 nitrogen and oxygen atoms in total. The van der Waals surface area contributed by atoms with E-state index in [1.165, 1.54) is 11.6 Å². The zero-order valence-corrected chi connectivity index (χ0v) is 17.4. The first-order chi connectivity index (χ1) is 14.4. The van der Waals surface area contributed by atoms with Crippen LogP contribution in [0, 0.1) is 0 Å². The van der Waals surface area contributed by atoms with Crippen molar-refractivity contribution in [2.45, 2.75) is 41.9 Å². The zero-order chi connectivity index (χ0) is 20.9. The predicted octanol–water partition coefficient (Wildman–Crippen LogP) is 3.66. The highest BCUT2D eigenvalue weighted by atomic mass is 32.2. The van der Waals surface area contributed by atoms with Gasteiger partial charge in [-0.3, -0.25) is 9.78 Å². The molecule has 0 atom stereocenters. The Hall–Kier alpha value is -2.93. The second-order valence-corrected chi connectivity index (χ2v) is 9.73. The zero-order valence-electron chi connectivity index (χ0n) is 16.6. The van der Waals surface area contributed by atoms with Gasteiger partial charge in [0, 0.05) is 17.1 Å². The van der Waals surface area contributed by atoms with E-state index >= 15 is 0 Å². The molecule has 1 heterocycles. The normalized spacial score (nSPS) is 17.5. The predicted molar refractivity (Wildman–Crippen MR) is 113 cm³/mol. The summed E-state index contributed by atoms with van der Waals surface area (Å²) in [7, 11) is -2.48. The van der Waals surface area contributed by atoms with Gasteiger partial charge in [0.1, 0.15) is 5.75 Å². The molecule has 30 heavy (non-hydrogen) atoms. The van der Waals surface area contributed by atoms with E-state index in [4.69, 9.17) is 4.74 Å². The third-order valence-electron chi connectivity index (χ3n) is 6.09. The lowest BCUT2D eigenvalue weighted by atomic mass is 9.91. The number of hydrogen-bond acceptors (Lipinski definition) is 5. The van der Waals surface area contributed by atoms with E-state index in [0.29, 0.717) is 35.4 Å². The van der Waals surface area contributed by atoms with Crippen LogP contribution < -0.4 is 9.46 Å². The molecule has 0 bridgehead atoms. The van der Waals surface area contributed by atoms with Crippen LogP contribution in [0.25, 0.3) is 10.9 Å². The molecule has 2 fully saturated rings. The molecule has 154 valence electrons. The summed E-state index contributed by atoms with van der Waals surface area (Å²) in [5, 5.41) is 0.485. The Morgan fingerprint density at radius 3 is 2.63 bits per heavy atom. The van der Waals surface area contributed by atoms with Crippen molar-refractivity contribution in [3.05, 3.63) is 65.9 Å². The third kappa shape index (κ3) is 3.13. The molecule has 1 aromatic heterocycles. The lowest BCUT2D eigenvalue weighted by molar-refractivity contribution is -0.121. The molecule has 0 radical (unpaired) electrons. The van der Waals surface area contributed by atoms with E-state index in [0.717, 1.165) is 18.4 Å². The topological polar surface area (TPSA) is 85.4 Å². The lowest BCUT2D eigenvalue weighted by Gasteiger charge is -2.20. The highest BCUT2D eigenvalue weighted by Gasteiger charge is 2.54. The number of carbonyl (C=O) groups is 1. The number of pyridine rings is 1. The number of ether oxygens (including phenoxy) is 1. The first kappa shape index (κ1) is 19.1. The van der Waals surface area contributed by atoms with Gasteiger partial charge in [0.25, 0.3) is 10.0 Å². The number of hydrogen-bond donors (Lipinski definition) is 1. The van der Waals surface area contributed by atoms with Gasteiger partial charge in [0.2, 0.25) is 5.91 Å². The molecule has 2 aliphatic rings. The molecule has 0 aliphatic heterocycles. The van der Waals surface area contributed by atoms with Crippen LogP contribution in [0.2, 0.25) is 0 Å². The summed E-state index contributed by atoms with van der Waals surface area (Å²) in [6.07, 6.45) is 5.09. The van der Waals surface area contributed by atoms with Crippen LogP contribution in [0.15, 0.2) is 59.6 Å². The molecule has 2 aromatic carbocycles. The maximum Gasteiger partial charge on any atom is 0.264 e. The van der Waals surface area contributed by atoms with Crippen molar-refractivity contribution in [3.63, 3.8) is 0 Å². The number of benzene rings is 2. The number of amides is 1. The Balaban J connectivity index is 1.50. The number of aromatic nitrogens is 1. The van der Waals surface area contributed by atoms with Crippen LogP contribution in [0.1, 0.15) is 42.7 Å². The molecule has 1 N–H and O–H groups in total. The quantitative estimate of drug-likeness (QED) is 0.655. The van der Waals surface area contributed by atoms with E-state index in [1.807, 2.05) is 18.2 Å². The summed E-state index contributed by atoms with van der Waals surface area (Å²) in [5.74, 6) is 0.647. The van der Waals surface area contributed by atoms with E-state index in [2.05, 4.69) is 9.71 Å². The van der Waals surface area contributed by atoms with Gasteiger partial charge in [-0.05, 0) is 67.5 Å². The second kappa shape index (κ2) is 6.80. The van der Waals surface area contributed by atoms with Crippen LogP contribution in [0.5, 0.6) is 5.75 Å². The molecule has 1 amide bonds. The minimum absolute atomic E-state index is 0.0518. The maximum atomic E-state index is 13.3. The molecule has 0 spiro atoms. The van der Waals surface area contributed by atoms with E-state index in [1.54, 1.807) is 37.6 Å². The average Bonchev–Trinajstić information content (AvgIpc) is 3.66. The monoisotopic (exact) mass is 422 g/mol. The average molecular weight is 423 g/mol. The SMILES string of the molecule is COc1ccc(C2CC2)cc1C1(C(=O)NS(=O)(=O)c2cccc3ncccc23)CC1. The van der Waals surface area contributed by atoms with Gasteiger partial charge in [-0.2, -0.15) is 0 Å². The largest absolute Gasteiger partial charge is 0.496 e. The van der Waals surface area contributed by atoms with Gasteiger partial charge in [-0.15, -0.1) is 0 Å². The summed E-state index contributed by atoms with van der Waals surface area (Å²) in [6.45, 7) is 0. The maximum absolute atomic E-state index is 13.3. The van der Waals surface area contributed by atoms with Crippen molar-refractivity contribution in [1.82, 2.24) is 9.71 Å². The summed E-state index contributed by atoms with van der Waals surface area (Å²) in [4.78, 5) is 17.5. The Bertz CT molecular complexity index is 1260. The van der Waals surface area contributed by atoms with Gasteiger partial charge in [-0.1, -0.05) is 18.2 Å². The highest BCUT2D eigenvalue weighted by Crippen LogP contribution is 2.53. The van der Waals surface area contributed by atoms with Crippen molar-refractivity contribution < 1.29 is 17.9 Å². The number of methoxy groups -OCH3 is 1. The van der Waals surface area contributed by atoms with Gasteiger partial charge in [-0.25, -0.2) is 13.1 Å². The molecule has 2 aliphatic carbocycles. The number of nitrogens with one attached hydrogen (secondary N) is 1. The van der Waals surface area contributed by atoms with Crippen LogP contribution in [0.4, 0.5) is 0 Å². The Kier molecular flexibility index (Phi) is 4.32. The van der Waals surface area contributed by atoms with Crippen molar-refractivity contribution in [3.8, 4) is 5.75 Å². The molecule has 7 heteroatoms. The summed E-state index contributed by atoms with van der Waals surface area (Å²) >= 11 is 0. The van der Waals surface area contributed by atoms with Crippen LogP contribution in [-0.4, -0.2) is 26.4 Å². The second-order valence-electron chi connectivity index (χ2n) is 8.08. The Morgan fingerprint density at radius 1 is 1.13 bits per heavy atom.